The molecule has 0 aliphatic heterocycles. The summed E-state index contributed by atoms with van der Waals surface area (Å²) in [5, 5.41) is 6.68. The molecule has 0 atom stereocenters. The molecule has 4 rings (SSSR count). The van der Waals surface area contributed by atoms with Crippen molar-refractivity contribution in [3.8, 4) is 10.6 Å². The van der Waals surface area contributed by atoms with Gasteiger partial charge >= 0.3 is 0 Å². The number of nitrogens with one attached hydrogen (secondary N) is 2. The molecule has 166 valence electrons. The molecule has 0 aliphatic rings. The van der Waals surface area contributed by atoms with Crippen LogP contribution in [0.4, 0.5) is 5.69 Å². The lowest BCUT2D eigenvalue weighted by molar-refractivity contribution is 0.0953. The second kappa shape index (κ2) is 9.75. The highest BCUT2D eigenvalue weighted by Gasteiger charge is 2.17. The van der Waals surface area contributed by atoms with Gasteiger partial charge in [-0.05, 0) is 56.2 Å². The number of amides is 2. The summed E-state index contributed by atoms with van der Waals surface area (Å²) < 4.78 is 0. The van der Waals surface area contributed by atoms with E-state index in [-0.39, 0.29) is 11.8 Å². The van der Waals surface area contributed by atoms with Crippen LogP contribution in [0.3, 0.4) is 0 Å². The minimum Gasteiger partial charge on any atom is -0.347 e. The lowest BCUT2D eigenvalue weighted by atomic mass is 10.1. The van der Waals surface area contributed by atoms with Gasteiger partial charge in [0.25, 0.3) is 11.8 Å². The minimum atomic E-state index is -0.210. The number of hydrogen-bond acceptors (Lipinski definition) is 5. The molecule has 33 heavy (non-hydrogen) atoms. The fraction of sp³-hybridized carbons (Fsp3) is 0.154. The topological polar surface area (TPSA) is 84.0 Å². The Bertz CT molecular complexity index is 1320. The number of nitrogens with zero attached hydrogens (tertiary/aromatic N) is 2. The first-order valence-electron chi connectivity index (χ1n) is 10.5. The van der Waals surface area contributed by atoms with Gasteiger partial charge in [-0.1, -0.05) is 35.9 Å². The maximum atomic E-state index is 12.9. The van der Waals surface area contributed by atoms with Crippen LogP contribution in [0.2, 0.25) is 0 Å². The number of benzene rings is 2. The highest BCUT2D eigenvalue weighted by Crippen LogP contribution is 2.30. The molecule has 0 unspecified atom stereocenters. The van der Waals surface area contributed by atoms with Gasteiger partial charge in [0.1, 0.15) is 9.88 Å². The van der Waals surface area contributed by atoms with Crippen LogP contribution in [0.1, 0.15) is 42.4 Å². The molecule has 4 aromatic rings. The highest BCUT2D eigenvalue weighted by atomic mass is 32.1. The first-order chi connectivity index (χ1) is 15.9. The Morgan fingerprint density at radius 1 is 0.939 bits per heavy atom. The molecule has 2 aromatic carbocycles. The number of pyridine rings is 1. The normalized spacial score (nSPS) is 10.6. The van der Waals surface area contributed by atoms with Gasteiger partial charge in [0.05, 0.1) is 5.69 Å². The van der Waals surface area contributed by atoms with Crippen molar-refractivity contribution in [1.82, 2.24) is 15.3 Å². The maximum absolute atomic E-state index is 12.9. The molecule has 0 radical (unpaired) electrons. The van der Waals surface area contributed by atoms with Crippen LogP contribution in [-0.2, 0) is 6.54 Å². The van der Waals surface area contributed by atoms with E-state index in [9.17, 15) is 9.59 Å². The summed E-state index contributed by atoms with van der Waals surface area (Å²) in [6.07, 6.45) is 3.15. The third-order valence-electron chi connectivity index (χ3n) is 5.20. The van der Waals surface area contributed by atoms with Crippen molar-refractivity contribution in [2.24, 2.45) is 0 Å². The van der Waals surface area contributed by atoms with Crippen molar-refractivity contribution in [2.75, 3.05) is 5.32 Å². The molecule has 0 bridgehead atoms. The summed E-state index contributed by atoms with van der Waals surface area (Å²) in [7, 11) is 0. The number of anilines is 1. The van der Waals surface area contributed by atoms with Crippen molar-refractivity contribution >= 4 is 28.8 Å². The van der Waals surface area contributed by atoms with Gasteiger partial charge < -0.3 is 10.6 Å². The standard InChI is InChI=1S/C26H24N4O2S/c1-16-7-8-22(17(2)13-16)26-29-18(3)23(33-26)25(32)28-15-19-5-4-6-21(14-19)30-24(31)20-9-11-27-12-10-20/h4-14H,15H2,1-3H3,(H,28,32)(H,30,31). The van der Waals surface area contributed by atoms with Crippen molar-refractivity contribution < 1.29 is 9.59 Å². The molecule has 0 spiro atoms. The quantitative estimate of drug-likeness (QED) is 0.412. The highest BCUT2D eigenvalue weighted by molar-refractivity contribution is 7.17. The molecule has 6 nitrogen and oxygen atoms in total. The Morgan fingerprint density at radius 3 is 2.48 bits per heavy atom. The molecule has 0 saturated carbocycles. The Labute approximate surface area is 196 Å². The average Bonchev–Trinajstić information content (AvgIpc) is 3.19. The number of rotatable bonds is 6. The van der Waals surface area contributed by atoms with Gasteiger partial charge in [-0.3, -0.25) is 14.6 Å². The van der Waals surface area contributed by atoms with Crippen molar-refractivity contribution in [3.05, 3.63) is 99.8 Å². The van der Waals surface area contributed by atoms with E-state index in [1.54, 1.807) is 24.5 Å². The number of aryl methyl sites for hydroxylation is 3. The van der Waals surface area contributed by atoms with E-state index in [2.05, 4.69) is 52.6 Å². The van der Waals surface area contributed by atoms with Crippen molar-refractivity contribution in [3.63, 3.8) is 0 Å². The third-order valence-corrected chi connectivity index (χ3v) is 6.39. The van der Waals surface area contributed by atoms with Crippen LogP contribution in [0.5, 0.6) is 0 Å². The van der Waals surface area contributed by atoms with E-state index in [4.69, 9.17) is 0 Å². The molecular weight excluding hydrogens is 432 g/mol. The smallest absolute Gasteiger partial charge is 0.263 e. The Balaban J connectivity index is 1.42. The van der Waals surface area contributed by atoms with Gasteiger partial charge in [-0.25, -0.2) is 4.98 Å². The van der Waals surface area contributed by atoms with Crippen LogP contribution in [0, 0.1) is 20.8 Å². The third kappa shape index (κ3) is 5.32. The second-order valence-corrected chi connectivity index (χ2v) is 8.82. The van der Waals surface area contributed by atoms with Crippen LogP contribution in [0.15, 0.2) is 67.0 Å². The zero-order chi connectivity index (χ0) is 23.4. The number of carbonyl (C=O) groups is 2. The van der Waals surface area contributed by atoms with Crippen molar-refractivity contribution in [2.45, 2.75) is 27.3 Å². The molecule has 2 heterocycles. The van der Waals surface area contributed by atoms with E-state index < -0.39 is 0 Å². The predicted octanol–water partition coefficient (Wildman–Crippen LogP) is 5.31. The Kier molecular flexibility index (Phi) is 6.60. The molecule has 7 heteroatoms. The van der Waals surface area contributed by atoms with Gasteiger partial charge in [-0.2, -0.15) is 0 Å². The number of hydrogen-bond donors (Lipinski definition) is 2. The van der Waals surface area contributed by atoms with Gasteiger partial charge in [0.2, 0.25) is 0 Å². The number of carbonyl (C=O) groups excluding carboxylic acids is 2. The van der Waals surface area contributed by atoms with E-state index in [1.165, 1.54) is 16.9 Å². The first-order valence-corrected chi connectivity index (χ1v) is 11.4. The summed E-state index contributed by atoms with van der Waals surface area (Å²) in [5.74, 6) is -0.370. The molecule has 0 fully saturated rings. The largest absolute Gasteiger partial charge is 0.347 e. The molecule has 2 N–H and O–H groups in total. The van der Waals surface area contributed by atoms with Crippen LogP contribution in [0.25, 0.3) is 10.6 Å². The zero-order valence-electron chi connectivity index (χ0n) is 18.7. The summed E-state index contributed by atoms with van der Waals surface area (Å²) in [5.41, 5.74) is 6.17. The Morgan fingerprint density at radius 2 is 1.73 bits per heavy atom. The monoisotopic (exact) mass is 456 g/mol. The minimum absolute atomic E-state index is 0.160. The second-order valence-electron chi connectivity index (χ2n) is 7.82. The molecular formula is C26H24N4O2S. The van der Waals surface area contributed by atoms with Crippen LogP contribution in [-0.4, -0.2) is 21.8 Å². The van der Waals surface area contributed by atoms with Gasteiger partial charge in [-0.15, -0.1) is 11.3 Å². The van der Waals surface area contributed by atoms with Crippen LogP contribution >= 0.6 is 11.3 Å². The van der Waals surface area contributed by atoms with E-state index in [1.807, 2.05) is 31.2 Å². The first kappa shape index (κ1) is 22.4. The fourth-order valence-electron chi connectivity index (χ4n) is 3.50. The Hall–Kier alpha value is -3.84. The number of aromatic nitrogens is 2. The molecule has 0 aliphatic carbocycles. The summed E-state index contributed by atoms with van der Waals surface area (Å²) >= 11 is 1.40. The lowest BCUT2D eigenvalue weighted by Gasteiger charge is -2.08. The lowest BCUT2D eigenvalue weighted by Crippen LogP contribution is -2.22. The van der Waals surface area contributed by atoms with E-state index in [0.717, 1.165) is 21.7 Å². The maximum Gasteiger partial charge on any atom is 0.263 e. The fourth-order valence-corrected chi connectivity index (χ4v) is 4.58. The van der Waals surface area contributed by atoms with Crippen LogP contribution < -0.4 is 10.6 Å². The van der Waals surface area contributed by atoms with E-state index in [0.29, 0.717) is 28.4 Å². The summed E-state index contributed by atoms with van der Waals surface area (Å²) in [6.45, 7) is 6.31. The molecule has 2 aromatic heterocycles. The SMILES string of the molecule is Cc1ccc(-c2nc(C)c(C(=O)NCc3cccc(NC(=O)c4ccncc4)c3)s2)c(C)c1. The summed E-state index contributed by atoms with van der Waals surface area (Å²) in [4.78, 5) is 34.4. The number of thiazole rings is 1. The molecule has 0 saturated heterocycles. The van der Waals surface area contributed by atoms with E-state index >= 15 is 0 Å². The molecule has 2 amide bonds. The zero-order valence-corrected chi connectivity index (χ0v) is 19.5. The predicted molar refractivity (Wildman–Crippen MR) is 132 cm³/mol. The van der Waals surface area contributed by atoms with Crippen molar-refractivity contribution in [1.29, 1.82) is 0 Å². The van der Waals surface area contributed by atoms with Gasteiger partial charge in [0, 0.05) is 35.8 Å². The van der Waals surface area contributed by atoms with Gasteiger partial charge in [0.15, 0.2) is 0 Å². The summed E-state index contributed by atoms with van der Waals surface area (Å²) in [6, 6.07) is 16.9. The average molecular weight is 457 g/mol.